The van der Waals surface area contributed by atoms with Crippen molar-refractivity contribution in [1.82, 2.24) is 19.7 Å². The zero-order chi connectivity index (χ0) is 9.97. The summed E-state index contributed by atoms with van der Waals surface area (Å²) in [5.41, 5.74) is 0. The van der Waals surface area contributed by atoms with E-state index in [1.807, 2.05) is 0 Å². The Morgan fingerprint density at radius 3 is 3.07 bits per heavy atom. The van der Waals surface area contributed by atoms with E-state index in [4.69, 9.17) is 0 Å². The normalized spacial score (nSPS) is 21.5. The smallest absolute Gasteiger partial charge is 0.244 e. The Morgan fingerprint density at radius 1 is 1.64 bits per heavy atom. The Balaban J connectivity index is 1.90. The molecule has 14 heavy (non-hydrogen) atoms. The van der Waals surface area contributed by atoms with E-state index in [1.165, 1.54) is 17.3 Å². The number of aliphatic hydroxyl groups is 1. The Kier molecular flexibility index (Phi) is 2.45. The van der Waals surface area contributed by atoms with Crippen LogP contribution in [0.2, 0.25) is 0 Å². The van der Waals surface area contributed by atoms with Crippen LogP contribution in [0.4, 0.5) is 0 Å². The van der Waals surface area contributed by atoms with Crippen LogP contribution in [-0.4, -0.2) is 49.9 Å². The summed E-state index contributed by atoms with van der Waals surface area (Å²) in [6, 6.07) is 0. The highest BCUT2D eigenvalue weighted by Gasteiger charge is 2.24. The van der Waals surface area contributed by atoms with Crippen molar-refractivity contribution in [3.8, 4) is 0 Å². The van der Waals surface area contributed by atoms with Crippen LogP contribution in [0.25, 0.3) is 0 Å². The fourth-order valence-electron chi connectivity index (χ4n) is 1.52. The quantitative estimate of drug-likeness (QED) is 0.649. The van der Waals surface area contributed by atoms with E-state index < -0.39 is 0 Å². The first-order valence-electron chi connectivity index (χ1n) is 4.54. The predicted octanol–water partition coefficient (Wildman–Crippen LogP) is -1.13. The largest absolute Gasteiger partial charge is 0.391 e. The minimum atomic E-state index is -0.366. The van der Waals surface area contributed by atoms with Gasteiger partial charge in [-0.3, -0.25) is 4.79 Å². The third kappa shape index (κ3) is 1.90. The van der Waals surface area contributed by atoms with Crippen molar-refractivity contribution in [1.29, 1.82) is 0 Å². The number of aliphatic hydroxyl groups excluding tert-OH is 1. The summed E-state index contributed by atoms with van der Waals surface area (Å²) >= 11 is 0. The molecule has 0 bridgehead atoms. The molecule has 76 valence electrons. The van der Waals surface area contributed by atoms with Gasteiger partial charge in [0.15, 0.2) is 0 Å². The van der Waals surface area contributed by atoms with Crippen LogP contribution in [0.5, 0.6) is 0 Å². The second kappa shape index (κ2) is 3.75. The number of carbonyl (C=O) groups is 1. The van der Waals surface area contributed by atoms with Crippen LogP contribution in [-0.2, 0) is 11.3 Å². The maximum atomic E-state index is 11.6. The zero-order valence-electron chi connectivity index (χ0n) is 7.70. The molecule has 2 heterocycles. The lowest BCUT2D eigenvalue weighted by Gasteiger charge is -2.14. The second-order valence-corrected chi connectivity index (χ2v) is 3.38. The summed E-state index contributed by atoms with van der Waals surface area (Å²) in [5.74, 6) is -0.0212. The molecule has 1 atom stereocenters. The average Bonchev–Trinajstić information content (AvgIpc) is 2.75. The number of carbonyl (C=O) groups excluding carboxylic acids is 1. The Morgan fingerprint density at radius 2 is 2.50 bits per heavy atom. The van der Waals surface area contributed by atoms with Gasteiger partial charge in [0, 0.05) is 13.1 Å². The molecule has 1 aliphatic heterocycles. The maximum absolute atomic E-state index is 11.6. The molecule has 6 heteroatoms. The van der Waals surface area contributed by atoms with E-state index in [9.17, 15) is 9.90 Å². The van der Waals surface area contributed by atoms with E-state index in [0.717, 1.165) is 0 Å². The number of aromatic nitrogens is 3. The highest BCUT2D eigenvalue weighted by molar-refractivity contribution is 5.76. The molecule has 0 radical (unpaired) electrons. The molecule has 1 amide bonds. The zero-order valence-corrected chi connectivity index (χ0v) is 7.70. The number of β-amino-alcohol motifs (C(OH)–C–C–N with tert-alkyl or cyclic N) is 1. The lowest BCUT2D eigenvalue weighted by molar-refractivity contribution is -0.131. The van der Waals surface area contributed by atoms with Crippen molar-refractivity contribution in [3.63, 3.8) is 0 Å². The summed E-state index contributed by atoms with van der Waals surface area (Å²) in [6.07, 6.45) is 3.20. The molecule has 2 rings (SSSR count). The minimum Gasteiger partial charge on any atom is -0.391 e. The van der Waals surface area contributed by atoms with Gasteiger partial charge >= 0.3 is 0 Å². The van der Waals surface area contributed by atoms with Gasteiger partial charge < -0.3 is 10.0 Å². The predicted molar refractivity (Wildman–Crippen MR) is 47.2 cm³/mol. The number of hydrogen-bond acceptors (Lipinski definition) is 4. The standard InChI is InChI=1S/C8H12N4O2/c13-7-1-2-11(3-7)8(14)4-12-6-9-5-10-12/h5-7,13H,1-4H2. The Hall–Kier alpha value is -1.43. The summed E-state index contributed by atoms with van der Waals surface area (Å²) in [4.78, 5) is 17.0. The van der Waals surface area contributed by atoms with Crippen LogP contribution in [0.3, 0.4) is 0 Å². The van der Waals surface area contributed by atoms with Gasteiger partial charge in [-0.1, -0.05) is 0 Å². The molecule has 1 aromatic rings. The number of likely N-dealkylation sites (tertiary alicyclic amines) is 1. The first-order valence-corrected chi connectivity index (χ1v) is 4.54. The van der Waals surface area contributed by atoms with E-state index in [1.54, 1.807) is 4.90 Å². The van der Waals surface area contributed by atoms with Crippen molar-refractivity contribution in [2.45, 2.75) is 19.1 Å². The van der Waals surface area contributed by atoms with Crippen molar-refractivity contribution >= 4 is 5.91 Å². The molecular weight excluding hydrogens is 184 g/mol. The third-order valence-electron chi connectivity index (χ3n) is 2.28. The van der Waals surface area contributed by atoms with Crippen LogP contribution >= 0.6 is 0 Å². The molecule has 1 N–H and O–H groups in total. The van der Waals surface area contributed by atoms with E-state index >= 15 is 0 Å². The van der Waals surface area contributed by atoms with Gasteiger partial charge in [0.25, 0.3) is 0 Å². The molecule has 0 saturated carbocycles. The van der Waals surface area contributed by atoms with Gasteiger partial charge in [-0.05, 0) is 6.42 Å². The fourth-order valence-corrected chi connectivity index (χ4v) is 1.52. The SMILES string of the molecule is O=C(Cn1cncn1)N1CCC(O)C1. The lowest BCUT2D eigenvalue weighted by atomic mass is 10.3. The fraction of sp³-hybridized carbons (Fsp3) is 0.625. The molecule has 1 fully saturated rings. The number of nitrogens with zero attached hydrogens (tertiary/aromatic N) is 4. The Labute approximate surface area is 81.2 Å². The molecule has 1 unspecified atom stereocenters. The molecule has 1 aliphatic rings. The van der Waals surface area contributed by atoms with Crippen LogP contribution in [0, 0.1) is 0 Å². The lowest BCUT2D eigenvalue weighted by Crippen LogP contribution is -2.32. The van der Waals surface area contributed by atoms with E-state index in [-0.39, 0.29) is 18.6 Å². The monoisotopic (exact) mass is 196 g/mol. The van der Waals surface area contributed by atoms with Crippen LogP contribution in [0.15, 0.2) is 12.7 Å². The van der Waals surface area contributed by atoms with E-state index in [0.29, 0.717) is 19.5 Å². The van der Waals surface area contributed by atoms with Gasteiger partial charge in [0.2, 0.25) is 5.91 Å². The molecule has 0 aromatic carbocycles. The summed E-state index contributed by atoms with van der Waals surface area (Å²) in [5, 5.41) is 13.1. The average molecular weight is 196 g/mol. The minimum absolute atomic E-state index is 0.0212. The summed E-state index contributed by atoms with van der Waals surface area (Å²) in [7, 11) is 0. The summed E-state index contributed by atoms with van der Waals surface area (Å²) in [6.45, 7) is 1.27. The maximum Gasteiger partial charge on any atom is 0.244 e. The highest BCUT2D eigenvalue weighted by Crippen LogP contribution is 2.08. The molecule has 1 aromatic heterocycles. The molecule has 0 spiro atoms. The third-order valence-corrected chi connectivity index (χ3v) is 2.28. The number of hydrogen-bond donors (Lipinski definition) is 1. The molecule has 6 nitrogen and oxygen atoms in total. The van der Waals surface area contributed by atoms with Gasteiger partial charge in [0.05, 0.1) is 6.10 Å². The van der Waals surface area contributed by atoms with Crippen LogP contribution in [0.1, 0.15) is 6.42 Å². The number of amides is 1. The number of rotatable bonds is 2. The molecule has 1 saturated heterocycles. The van der Waals surface area contributed by atoms with Gasteiger partial charge in [-0.2, -0.15) is 5.10 Å². The summed E-state index contributed by atoms with van der Waals surface area (Å²) < 4.78 is 1.48. The Bertz CT molecular complexity index is 311. The van der Waals surface area contributed by atoms with Crippen molar-refractivity contribution in [2.75, 3.05) is 13.1 Å². The van der Waals surface area contributed by atoms with Gasteiger partial charge in [-0.25, -0.2) is 9.67 Å². The second-order valence-electron chi connectivity index (χ2n) is 3.38. The van der Waals surface area contributed by atoms with Crippen LogP contribution < -0.4 is 0 Å². The topological polar surface area (TPSA) is 71.2 Å². The van der Waals surface area contributed by atoms with Gasteiger partial charge in [-0.15, -0.1) is 0 Å². The molecular formula is C8H12N4O2. The first kappa shape index (κ1) is 9.14. The van der Waals surface area contributed by atoms with Gasteiger partial charge in [0.1, 0.15) is 19.2 Å². The first-order chi connectivity index (χ1) is 6.75. The van der Waals surface area contributed by atoms with E-state index in [2.05, 4.69) is 10.1 Å². The van der Waals surface area contributed by atoms with Crippen molar-refractivity contribution in [2.24, 2.45) is 0 Å². The highest BCUT2D eigenvalue weighted by atomic mass is 16.3. The van der Waals surface area contributed by atoms with Crippen molar-refractivity contribution in [3.05, 3.63) is 12.7 Å². The van der Waals surface area contributed by atoms with Crippen molar-refractivity contribution < 1.29 is 9.90 Å². The molecule has 0 aliphatic carbocycles.